The molecule has 4 rings (SSSR count). The lowest BCUT2D eigenvalue weighted by Gasteiger charge is -2.34. The number of nitrogens with two attached hydrogens (primary N) is 1. The van der Waals surface area contributed by atoms with Gasteiger partial charge in [-0.2, -0.15) is 4.98 Å². The lowest BCUT2D eigenvalue weighted by molar-refractivity contribution is 0.0714. The summed E-state index contributed by atoms with van der Waals surface area (Å²) in [5, 5.41) is 0.0126. The lowest BCUT2D eigenvalue weighted by Crippen LogP contribution is -2.49. The van der Waals surface area contributed by atoms with Gasteiger partial charge in [0, 0.05) is 37.5 Å². The summed E-state index contributed by atoms with van der Waals surface area (Å²) in [6.45, 7) is -6.23. The van der Waals surface area contributed by atoms with Crippen LogP contribution in [0.25, 0.3) is 10.9 Å². The lowest BCUT2D eigenvalue weighted by atomic mass is 10.2. The second kappa shape index (κ2) is 7.26. The number of nitrogens with zero attached hydrogens (tertiary/aromatic N) is 4. The van der Waals surface area contributed by atoms with Crippen molar-refractivity contribution < 1.29 is 32.4 Å². The highest BCUT2D eigenvalue weighted by Crippen LogP contribution is 2.34. The van der Waals surface area contributed by atoms with Crippen molar-refractivity contribution in [2.75, 3.05) is 50.8 Å². The first kappa shape index (κ1) is 9.63. The van der Waals surface area contributed by atoms with Crippen LogP contribution in [0.15, 0.2) is 34.9 Å². The Morgan fingerprint density at radius 1 is 1.25 bits per heavy atom. The van der Waals surface area contributed by atoms with E-state index in [1.165, 1.54) is 18.4 Å². The van der Waals surface area contributed by atoms with E-state index in [0.717, 1.165) is 17.0 Å². The van der Waals surface area contributed by atoms with Gasteiger partial charge in [-0.3, -0.25) is 4.79 Å². The molecule has 0 saturated carbocycles. The van der Waals surface area contributed by atoms with E-state index in [-0.39, 0.29) is 22.5 Å². The zero-order valence-electron chi connectivity index (χ0n) is 24.3. The Hall–Kier alpha value is -3.49. The van der Waals surface area contributed by atoms with E-state index < -0.39 is 63.5 Å². The molecule has 2 N–H and O–H groups in total. The largest absolute Gasteiger partial charge is 0.493 e. The molecule has 1 amide bonds. The van der Waals surface area contributed by atoms with E-state index in [1.54, 1.807) is 0 Å². The molecule has 1 saturated heterocycles. The number of benzene rings is 1. The smallest absolute Gasteiger partial charge is 0.289 e. The van der Waals surface area contributed by atoms with Gasteiger partial charge in [-0.15, -0.1) is 0 Å². The van der Waals surface area contributed by atoms with Gasteiger partial charge < -0.3 is 29.4 Å². The molecule has 3 aromatic rings. The number of ether oxygens (including phenoxy) is 2. The van der Waals surface area contributed by atoms with Crippen LogP contribution in [0.2, 0.25) is 0 Å². The van der Waals surface area contributed by atoms with Crippen LogP contribution in [0.4, 0.5) is 11.8 Å². The summed E-state index contributed by atoms with van der Waals surface area (Å²) in [5.41, 5.74) is 5.94. The van der Waals surface area contributed by atoms with E-state index in [0.29, 0.717) is 4.90 Å². The van der Waals surface area contributed by atoms with Crippen LogP contribution in [-0.2, 0) is 0 Å². The summed E-state index contributed by atoms with van der Waals surface area (Å²) in [6, 6.07) is 4.92. The number of rotatable bonds is 4. The second-order valence-corrected chi connectivity index (χ2v) is 5.72. The molecule has 2 aromatic heterocycles. The number of hydrogen-bond acceptors (Lipinski definition) is 8. The zero-order chi connectivity index (χ0) is 28.3. The molecular weight excluding hydrogens is 362 g/mol. The number of carbonyl (C=O) groups is 1. The molecule has 146 valence electrons. The number of nitrogen functional groups attached to an aromatic ring is 1. The van der Waals surface area contributed by atoms with Crippen molar-refractivity contribution in [3.63, 3.8) is 0 Å². The summed E-state index contributed by atoms with van der Waals surface area (Å²) in [4.78, 5) is 22.5. The Bertz CT molecular complexity index is 1340. The summed E-state index contributed by atoms with van der Waals surface area (Å²) in [6.07, 6.45) is 1.26. The van der Waals surface area contributed by atoms with Gasteiger partial charge in [-0.25, -0.2) is 4.98 Å². The molecule has 0 spiro atoms. The Morgan fingerprint density at radius 2 is 2.00 bits per heavy atom. The normalized spacial score (nSPS) is 24.1. The van der Waals surface area contributed by atoms with Gasteiger partial charge in [-0.1, -0.05) is 0 Å². The highest BCUT2D eigenvalue weighted by atomic mass is 16.5. The van der Waals surface area contributed by atoms with Crippen molar-refractivity contribution in [3.8, 4) is 11.5 Å². The first-order chi connectivity index (χ1) is 17.4. The number of methoxy groups -OCH3 is 2. The highest BCUT2D eigenvalue weighted by Gasteiger charge is 2.25. The standard InChI is InChI=1S/C19H21N5O4/c1-26-15-10-12-13(11-16(15)27-2)21-19(22-17(12)20)24-7-5-23(6-8-24)18(25)14-4-3-9-28-14/h3-4,9-11H,5-8H2,1-2H3,(H2,20,21,22)/i1D3,2D3,7D2,8D2. The molecule has 0 aliphatic carbocycles. The first-order valence-electron chi connectivity index (χ1n) is 13.0. The number of carbonyl (C=O) groups excluding carboxylic acids is 1. The van der Waals surface area contributed by atoms with Gasteiger partial charge in [0.15, 0.2) is 17.3 Å². The van der Waals surface area contributed by atoms with Crippen molar-refractivity contribution in [1.82, 2.24) is 14.9 Å². The summed E-state index contributed by atoms with van der Waals surface area (Å²) >= 11 is 0. The highest BCUT2D eigenvalue weighted by molar-refractivity contribution is 5.92. The van der Waals surface area contributed by atoms with Crippen LogP contribution in [0.5, 0.6) is 11.5 Å². The summed E-state index contributed by atoms with van der Waals surface area (Å²) < 4.78 is 93.0. The maximum Gasteiger partial charge on any atom is 0.289 e. The molecule has 1 aliphatic heterocycles. The average Bonchev–Trinajstić information content (AvgIpc) is 3.25. The maximum atomic E-state index is 12.7. The number of amides is 1. The molecule has 3 heterocycles. The Labute approximate surface area is 175 Å². The van der Waals surface area contributed by atoms with E-state index >= 15 is 0 Å². The fraction of sp³-hybridized carbons (Fsp3) is 0.316. The number of anilines is 2. The summed E-state index contributed by atoms with van der Waals surface area (Å²) in [7, 11) is -5.96. The molecule has 0 radical (unpaired) electrons. The van der Waals surface area contributed by atoms with Crippen LogP contribution in [0, 0.1) is 0 Å². The molecule has 1 aromatic carbocycles. The number of fused-ring (bicyclic) bond motifs is 1. The number of hydrogen-bond donors (Lipinski definition) is 1. The Balaban J connectivity index is 1.78. The maximum absolute atomic E-state index is 12.7. The molecule has 1 aliphatic rings. The van der Waals surface area contributed by atoms with Gasteiger partial charge in [0.2, 0.25) is 5.95 Å². The van der Waals surface area contributed by atoms with E-state index in [4.69, 9.17) is 33.3 Å². The molecular formula is C19H21N5O4. The second-order valence-electron chi connectivity index (χ2n) is 5.72. The first-order valence-corrected chi connectivity index (χ1v) is 7.99. The Morgan fingerprint density at radius 3 is 2.68 bits per heavy atom. The van der Waals surface area contributed by atoms with Crippen molar-refractivity contribution in [1.29, 1.82) is 0 Å². The molecule has 9 nitrogen and oxygen atoms in total. The van der Waals surface area contributed by atoms with Gasteiger partial charge in [-0.05, 0) is 18.2 Å². The van der Waals surface area contributed by atoms with Gasteiger partial charge in [0.05, 0.1) is 39.6 Å². The molecule has 28 heavy (non-hydrogen) atoms. The predicted octanol–water partition coefficient (Wildman–Crippen LogP) is 1.78. The minimum Gasteiger partial charge on any atom is -0.493 e. The molecule has 0 unspecified atom stereocenters. The van der Waals surface area contributed by atoms with Crippen LogP contribution in [0.1, 0.15) is 24.3 Å². The fourth-order valence-electron chi connectivity index (χ4n) is 2.67. The van der Waals surface area contributed by atoms with Crippen molar-refractivity contribution in [2.24, 2.45) is 0 Å². The molecule has 0 bridgehead atoms. The van der Waals surface area contributed by atoms with Gasteiger partial charge >= 0.3 is 0 Å². The van der Waals surface area contributed by atoms with Crippen molar-refractivity contribution >= 4 is 28.6 Å². The van der Waals surface area contributed by atoms with E-state index in [2.05, 4.69) is 9.97 Å². The third kappa shape index (κ3) is 3.15. The minimum absolute atomic E-state index is 0.0126. The number of aromatic nitrogens is 2. The minimum atomic E-state index is -2.99. The van der Waals surface area contributed by atoms with Crippen LogP contribution in [0.3, 0.4) is 0 Å². The molecule has 0 atom stereocenters. The third-order valence-corrected chi connectivity index (χ3v) is 4.06. The van der Waals surface area contributed by atoms with E-state index in [1.807, 2.05) is 0 Å². The molecule has 9 heteroatoms. The molecule has 1 fully saturated rings. The third-order valence-electron chi connectivity index (χ3n) is 4.06. The predicted molar refractivity (Wildman–Crippen MR) is 104 cm³/mol. The summed E-state index contributed by atoms with van der Waals surface area (Å²) in [5.74, 6) is -2.60. The number of piperazine rings is 1. The SMILES string of the molecule is [2H]C([2H])([2H])Oc1cc2nc(N3C([2H])([2H])CN(C(=O)c4ccco4)CC3([2H])[2H])nc(N)c2cc1OC([2H])([2H])[2H]. The van der Waals surface area contributed by atoms with Crippen molar-refractivity contribution in [3.05, 3.63) is 36.3 Å². The quantitative estimate of drug-likeness (QED) is 0.715. The van der Waals surface area contributed by atoms with Crippen LogP contribution >= 0.6 is 0 Å². The number of furan rings is 1. The average molecular weight is 393 g/mol. The van der Waals surface area contributed by atoms with Crippen LogP contribution < -0.4 is 20.1 Å². The van der Waals surface area contributed by atoms with E-state index in [9.17, 15) is 4.79 Å². The van der Waals surface area contributed by atoms with Crippen molar-refractivity contribution in [2.45, 2.75) is 0 Å². The van der Waals surface area contributed by atoms with Crippen LogP contribution in [-0.4, -0.2) is 60.9 Å². The Kier molecular flexibility index (Phi) is 2.50. The zero-order valence-corrected chi connectivity index (χ0v) is 14.3. The fourth-order valence-corrected chi connectivity index (χ4v) is 2.67. The van der Waals surface area contributed by atoms with Gasteiger partial charge in [0.1, 0.15) is 5.82 Å². The topological polar surface area (TPSA) is 107 Å². The van der Waals surface area contributed by atoms with Gasteiger partial charge in [0.25, 0.3) is 5.91 Å². The monoisotopic (exact) mass is 393 g/mol.